The first kappa shape index (κ1) is 22.4. The minimum atomic E-state index is -3.47. The summed E-state index contributed by atoms with van der Waals surface area (Å²) in [4.78, 5) is 4.57. The minimum absolute atomic E-state index is 0.322. The van der Waals surface area contributed by atoms with Gasteiger partial charge < -0.3 is 10.6 Å². The lowest BCUT2D eigenvalue weighted by atomic mass is 9.99. The number of unbranched alkanes of at least 4 members (excludes halogenated alkanes) is 1. The van der Waals surface area contributed by atoms with Gasteiger partial charge in [-0.15, -0.1) is 0 Å². The predicted octanol–water partition coefficient (Wildman–Crippen LogP) is 2.82. The molecule has 0 heterocycles. The Morgan fingerprint density at radius 2 is 1.88 bits per heavy atom. The molecule has 0 saturated heterocycles. The summed E-state index contributed by atoms with van der Waals surface area (Å²) in [6, 6.07) is 7.05. The normalized spacial score (nSPS) is 13.7. The van der Waals surface area contributed by atoms with Crippen molar-refractivity contribution in [3.8, 4) is 0 Å². The number of rotatable bonds is 10. The van der Waals surface area contributed by atoms with E-state index in [1.54, 1.807) is 33.3 Å². The van der Waals surface area contributed by atoms with Crippen LogP contribution in [0.5, 0.6) is 0 Å². The summed E-state index contributed by atoms with van der Waals surface area (Å²) < 4.78 is 26.2. The molecule has 2 N–H and O–H groups in total. The van der Waals surface area contributed by atoms with E-state index in [-0.39, 0.29) is 0 Å². The Morgan fingerprint density at radius 3 is 2.46 bits per heavy atom. The highest BCUT2D eigenvalue weighted by molar-refractivity contribution is 7.89. The van der Waals surface area contributed by atoms with Crippen LogP contribution in [0.15, 0.2) is 34.2 Å². The molecule has 0 radical (unpaired) electrons. The standard InChI is InChI=1S/C19H34N4O2S/c1-6-8-11-16(7-2)14-21-19(20-3)22-15-17-12-9-10-13-18(17)26(24,25)23(4)5/h9-10,12-13,16H,6-8,11,14-15H2,1-5H3,(H2,20,21,22). The first-order valence-corrected chi connectivity index (χ1v) is 10.8. The van der Waals surface area contributed by atoms with Gasteiger partial charge >= 0.3 is 0 Å². The second kappa shape index (κ2) is 11.2. The van der Waals surface area contributed by atoms with Crippen LogP contribution in [-0.2, 0) is 16.6 Å². The first-order chi connectivity index (χ1) is 12.4. The van der Waals surface area contributed by atoms with Gasteiger partial charge in [0.25, 0.3) is 0 Å². The Hall–Kier alpha value is -1.60. The molecule has 6 nitrogen and oxygen atoms in total. The van der Waals surface area contributed by atoms with Crippen LogP contribution in [0.1, 0.15) is 45.1 Å². The Balaban J connectivity index is 2.73. The zero-order valence-electron chi connectivity index (χ0n) is 16.7. The molecule has 1 rings (SSSR count). The number of hydrogen-bond donors (Lipinski definition) is 2. The van der Waals surface area contributed by atoms with Crippen molar-refractivity contribution in [1.29, 1.82) is 0 Å². The van der Waals surface area contributed by atoms with Crippen LogP contribution in [0.2, 0.25) is 0 Å². The molecule has 0 aliphatic heterocycles. The molecule has 0 aliphatic carbocycles. The van der Waals surface area contributed by atoms with Crippen LogP contribution < -0.4 is 10.6 Å². The highest BCUT2D eigenvalue weighted by Crippen LogP contribution is 2.18. The molecular formula is C19H34N4O2S. The molecule has 1 atom stereocenters. The molecule has 1 aromatic rings. The van der Waals surface area contributed by atoms with Gasteiger partial charge in [0.15, 0.2) is 5.96 Å². The van der Waals surface area contributed by atoms with Crippen LogP contribution in [0.3, 0.4) is 0 Å². The monoisotopic (exact) mass is 382 g/mol. The number of sulfonamides is 1. The van der Waals surface area contributed by atoms with E-state index < -0.39 is 10.0 Å². The smallest absolute Gasteiger partial charge is 0.242 e. The largest absolute Gasteiger partial charge is 0.356 e. The summed E-state index contributed by atoms with van der Waals surface area (Å²) in [5.41, 5.74) is 0.724. The maximum absolute atomic E-state index is 12.5. The maximum Gasteiger partial charge on any atom is 0.242 e. The Kier molecular flexibility index (Phi) is 9.65. The lowest BCUT2D eigenvalue weighted by molar-refractivity contribution is 0.443. The number of hydrogen-bond acceptors (Lipinski definition) is 3. The van der Waals surface area contributed by atoms with Gasteiger partial charge in [0.1, 0.15) is 0 Å². The molecule has 7 heteroatoms. The lowest BCUT2D eigenvalue weighted by Gasteiger charge is -2.19. The van der Waals surface area contributed by atoms with Gasteiger partial charge in [-0.25, -0.2) is 12.7 Å². The van der Waals surface area contributed by atoms with Crippen molar-refractivity contribution in [1.82, 2.24) is 14.9 Å². The second-order valence-electron chi connectivity index (χ2n) is 6.62. The van der Waals surface area contributed by atoms with Crippen LogP contribution in [0.25, 0.3) is 0 Å². The summed E-state index contributed by atoms with van der Waals surface area (Å²) >= 11 is 0. The second-order valence-corrected chi connectivity index (χ2v) is 8.74. The third-order valence-corrected chi connectivity index (χ3v) is 6.42. The van der Waals surface area contributed by atoms with Crippen molar-refractivity contribution in [3.63, 3.8) is 0 Å². The van der Waals surface area contributed by atoms with E-state index in [1.807, 2.05) is 12.1 Å². The van der Waals surface area contributed by atoms with E-state index in [0.717, 1.165) is 18.5 Å². The van der Waals surface area contributed by atoms with E-state index >= 15 is 0 Å². The molecule has 148 valence electrons. The average Bonchev–Trinajstić information content (AvgIpc) is 2.64. The first-order valence-electron chi connectivity index (χ1n) is 9.31. The van der Waals surface area contributed by atoms with Gasteiger partial charge in [0, 0.05) is 34.2 Å². The Bertz CT molecular complexity index is 672. The molecule has 0 aliphatic rings. The molecular weight excluding hydrogens is 348 g/mol. The summed E-state index contributed by atoms with van der Waals surface area (Å²) in [5, 5.41) is 6.59. The fraction of sp³-hybridized carbons (Fsp3) is 0.632. The van der Waals surface area contributed by atoms with E-state index in [4.69, 9.17) is 0 Å². The van der Waals surface area contributed by atoms with Crippen LogP contribution >= 0.6 is 0 Å². The zero-order valence-corrected chi connectivity index (χ0v) is 17.6. The molecule has 0 saturated carbocycles. The van der Waals surface area contributed by atoms with Crippen molar-refractivity contribution in [2.24, 2.45) is 10.9 Å². The Labute approximate surface area is 159 Å². The Morgan fingerprint density at radius 1 is 1.19 bits per heavy atom. The third-order valence-electron chi connectivity index (χ3n) is 4.50. The predicted molar refractivity (Wildman–Crippen MR) is 109 cm³/mol. The van der Waals surface area contributed by atoms with E-state index in [1.165, 1.54) is 23.6 Å². The molecule has 26 heavy (non-hydrogen) atoms. The summed E-state index contributed by atoms with van der Waals surface area (Å²) in [6.45, 7) is 5.68. The fourth-order valence-electron chi connectivity index (χ4n) is 2.68. The molecule has 0 amide bonds. The van der Waals surface area contributed by atoms with Gasteiger partial charge in [-0.2, -0.15) is 0 Å². The molecule has 0 fully saturated rings. The van der Waals surface area contributed by atoms with Crippen molar-refractivity contribution >= 4 is 16.0 Å². The topological polar surface area (TPSA) is 73.8 Å². The van der Waals surface area contributed by atoms with Crippen molar-refractivity contribution in [2.45, 2.75) is 51.0 Å². The van der Waals surface area contributed by atoms with Gasteiger partial charge in [-0.1, -0.05) is 51.3 Å². The van der Waals surface area contributed by atoms with Crippen molar-refractivity contribution < 1.29 is 8.42 Å². The van der Waals surface area contributed by atoms with Crippen LogP contribution in [-0.4, -0.2) is 46.4 Å². The highest BCUT2D eigenvalue weighted by Gasteiger charge is 2.20. The van der Waals surface area contributed by atoms with Gasteiger partial charge in [0.2, 0.25) is 10.0 Å². The van der Waals surface area contributed by atoms with E-state index in [0.29, 0.717) is 23.3 Å². The van der Waals surface area contributed by atoms with Gasteiger partial charge in [-0.05, 0) is 24.0 Å². The average molecular weight is 383 g/mol. The number of nitrogens with zero attached hydrogens (tertiary/aromatic N) is 2. The third kappa shape index (κ3) is 6.61. The highest BCUT2D eigenvalue weighted by atomic mass is 32.2. The lowest BCUT2D eigenvalue weighted by Crippen LogP contribution is -2.39. The van der Waals surface area contributed by atoms with Gasteiger partial charge in [0.05, 0.1) is 4.90 Å². The van der Waals surface area contributed by atoms with Gasteiger partial charge in [-0.3, -0.25) is 4.99 Å². The quantitative estimate of drug-likeness (QED) is 0.482. The summed E-state index contributed by atoms with van der Waals surface area (Å²) in [6.07, 6.45) is 4.79. The van der Waals surface area contributed by atoms with Crippen LogP contribution in [0.4, 0.5) is 0 Å². The fourth-order valence-corrected chi connectivity index (χ4v) is 3.80. The summed E-state index contributed by atoms with van der Waals surface area (Å²) in [7, 11) is 1.34. The molecule has 0 bridgehead atoms. The zero-order chi connectivity index (χ0) is 19.6. The minimum Gasteiger partial charge on any atom is -0.356 e. The van der Waals surface area contributed by atoms with Crippen LogP contribution in [0, 0.1) is 5.92 Å². The van der Waals surface area contributed by atoms with E-state index in [2.05, 4.69) is 29.5 Å². The molecule has 1 aromatic carbocycles. The number of guanidine groups is 1. The van der Waals surface area contributed by atoms with E-state index in [9.17, 15) is 8.42 Å². The molecule has 0 aromatic heterocycles. The molecule has 0 spiro atoms. The van der Waals surface area contributed by atoms with Crippen molar-refractivity contribution in [2.75, 3.05) is 27.7 Å². The number of benzene rings is 1. The summed E-state index contributed by atoms with van der Waals surface area (Å²) in [5.74, 6) is 1.31. The molecule has 1 unspecified atom stereocenters. The maximum atomic E-state index is 12.5. The number of nitrogens with one attached hydrogen (secondary N) is 2. The van der Waals surface area contributed by atoms with Crippen molar-refractivity contribution in [3.05, 3.63) is 29.8 Å². The SMILES string of the molecule is CCCCC(CC)CNC(=NC)NCc1ccccc1S(=O)(=O)N(C)C. The number of aliphatic imine (C=N–C) groups is 1.